The minimum atomic E-state index is 0.510. The molecule has 2 nitrogen and oxygen atoms in total. The molecule has 4 atom stereocenters. The van der Waals surface area contributed by atoms with E-state index in [1.54, 1.807) is 0 Å². The normalized spacial score (nSPS) is 40.1. The summed E-state index contributed by atoms with van der Waals surface area (Å²) in [5, 5.41) is 0. The molecular formula is C12H24N2. The average molecular weight is 196 g/mol. The maximum Gasteiger partial charge on any atom is 0.00452 e. The lowest BCUT2D eigenvalue weighted by Crippen LogP contribution is -2.29. The van der Waals surface area contributed by atoms with E-state index in [-0.39, 0.29) is 0 Å². The van der Waals surface area contributed by atoms with Crippen molar-refractivity contribution in [3.05, 3.63) is 0 Å². The second kappa shape index (κ2) is 4.19. The fourth-order valence-electron chi connectivity index (χ4n) is 3.16. The fourth-order valence-corrected chi connectivity index (χ4v) is 3.16. The van der Waals surface area contributed by atoms with Crippen molar-refractivity contribution in [3.63, 3.8) is 0 Å². The Morgan fingerprint density at radius 1 is 1.29 bits per heavy atom. The van der Waals surface area contributed by atoms with E-state index in [9.17, 15) is 0 Å². The second-order valence-corrected chi connectivity index (χ2v) is 5.48. The van der Waals surface area contributed by atoms with Crippen molar-refractivity contribution in [2.24, 2.45) is 23.5 Å². The molecule has 0 aromatic heterocycles. The summed E-state index contributed by atoms with van der Waals surface area (Å²) in [6, 6.07) is 0.510. The first kappa shape index (κ1) is 10.4. The zero-order chi connectivity index (χ0) is 10.1. The van der Waals surface area contributed by atoms with E-state index < -0.39 is 0 Å². The van der Waals surface area contributed by atoms with Crippen molar-refractivity contribution in [3.8, 4) is 0 Å². The third-order valence-electron chi connectivity index (χ3n) is 4.13. The molecule has 1 aliphatic heterocycles. The number of nitrogens with two attached hydrogens (primary N) is 1. The molecule has 0 radical (unpaired) electrons. The van der Waals surface area contributed by atoms with E-state index in [2.05, 4.69) is 18.7 Å². The lowest BCUT2D eigenvalue weighted by atomic mass is 10.0. The van der Waals surface area contributed by atoms with Crippen LogP contribution in [0.2, 0.25) is 0 Å². The van der Waals surface area contributed by atoms with Gasteiger partial charge in [-0.25, -0.2) is 0 Å². The molecule has 2 N–H and O–H groups in total. The predicted molar refractivity (Wildman–Crippen MR) is 60.1 cm³/mol. The number of likely N-dealkylation sites (tertiary alicyclic amines) is 1. The Hall–Kier alpha value is -0.0800. The van der Waals surface area contributed by atoms with E-state index in [0.717, 1.165) is 17.8 Å². The molecule has 2 aliphatic rings. The smallest absolute Gasteiger partial charge is 0.00452 e. The molecule has 0 bridgehead atoms. The summed E-state index contributed by atoms with van der Waals surface area (Å²) in [5.41, 5.74) is 5.98. The number of fused-ring (bicyclic) bond motifs is 1. The summed E-state index contributed by atoms with van der Waals surface area (Å²) in [6.07, 6.45) is 3.87. The molecule has 1 saturated carbocycles. The highest BCUT2D eigenvalue weighted by Gasteiger charge is 2.39. The maximum atomic E-state index is 5.98. The van der Waals surface area contributed by atoms with Crippen molar-refractivity contribution in [1.29, 1.82) is 0 Å². The number of hydrogen-bond donors (Lipinski definition) is 1. The summed E-state index contributed by atoms with van der Waals surface area (Å²) < 4.78 is 0. The summed E-state index contributed by atoms with van der Waals surface area (Å²) in [6.45, 7) is 8.60. The molecular weight excluding hydrogens is 172 g/mol. The highest BCUT2D eigenvalue weighted by molar-refractivity contribution is 4.93. The van der Waals surface area contributed by atoms with Gasteiger partial charge in [0.05, 0.1) is 0 Å². The Kier molecular flexibility index (Phi) is 3.13. The van der Waals surface area contributed by atoms with Gasteiger partial charge in [-0.2, -0.15) is 0 Å². The van der Waals surface area contributed by atoms with Gasteiger partial charge < -0.3 is 10.6 Å². The van der Waals surface area contributed by atoms with Gasteiger partial charge in [0, 0.05) is 25.7 Å². The Morgan fingerprint density at radius 3 is 2.36 bits per heavy atom. The van der Waals surface area contributed by atoms with Crippen LogP contribution in [0.15, 0.2) is 0 Å². The molecule has 1 unspecified atom stereocenters. The van der Waals surface area contributed by atoms with Crippen LogP contribution >= 0.6 is 0 Å². The van der Waals surface area contributed by atoms with Crippen LogP contribution < -0.4 is 5.73 Å². The lowest BCUT2D eigenvalue weighted by molar-refractivity contribution is 0.262. The molecule has 0 aromatic carbocycles. The minimum absolute atomic E-state index is 0.510. The molecule has 0 spiro atoms. The van der Waals surface area contributed by atoms with Crippen molar-refractivity contribution >= 4 is 0 Å². The second-order valence-electron chi connectivity index (χ2n) is 5.48. The summed E-state index contributed by atoms with van der Waals surface area (Å²) in [4.78, 5) is 2.66. The molecule has 82 valence electrons. The van der Waals surface area contributed by atoms with Crippen LogP contribution in [0.3, 0.4) is 0 Å². The van der Waals surface area contributed by atoms with Crippen LogP contribution in [0, 0.1) is 17.8 Å². The molecule has 1 heterocycles. The molecule has 0 aromatic rings. The van der Waals surface area contributed by atoms with Crippen molar-refractivity contribution in [2.75, 3.05) is 19.6 Å². The Labute approximate surface area is 87.8 Å². The molecule has 1 saturated heterocycles. The predicted octanol–water partition coefficient (Wildman–Crippen LogP) is 1.70. The first-order chi connectivity index (χ1) is 6.69. The molecule has 0 amide bonds. The lowest BCUT2D eigenvalue weighted by Gasteiger charge is -2.21. The highest BCUT2D eigenvalue weighted by atomic mass is 15.2. The van der Waals surface area contributed by atoms with Crippen LogP contribution in [0.4, 0.5) is 0 Å². The van der Waals surface area contributed by atoms with Gasteiger partial charge in [-0.05, 0) is 30.6 Å². The standard InChI is InChI=1S/C12H24N2/c1-3-9(2)6-14-7-10-4-12(13)5-11(10)8-14/h9-12H,3-8,13H2,1-2H3/t9?,10-,11+,12+. The van der Waals surface area contributed by atoms with Gasteiger partial charge in [0.15, 0.2) is 0 Å². The largest absolute Gasteiger partial charge is 0.328 e. The van der Waals surface area contributed by atoms with Gasteiger partial charge in [0.25, 0.3) is 0 Å². The number of nitrogens with zero attached hydrogens (tertiary/aromatic N) is 1. The van der Waals surface area contributed by atoms with E-state index in [4.69, 9.17) is 5.73 Å². The summed E-state index contributed by atoms with van der Waals surface area (Å²) >= 11 is 0. The van der Waals surface area contributed by atoms with Gasteiger partial charge in [0.2, 0.25) is 0 Å². The third kappa shape index (κ3) is 2.12. The summed E-state index contributed by atoms with van der Waals surface area (Å²) in [7, 11) is 0. The Balaban J connectivity index is 1.79. The van der Waals surface area contributed by atoms with E-state index in [0.29, 0.717) is 6.04 Å². The van der Waals surface area contributed by atoms with Crippen molar-refractivity contribution in [2.45, 2.75) is 39.2 Å². The maximum absolute atomic E-state index is 5.98. The van der Waals surface area contributed by atoms with Gasteiger partial charge in [-0.15, -0.1) is 0 Å². The molecule has 1 aliphatic carbocycles. The quantitative estimate of drug-likeness (QED) is 0.744. The van der Waals surface area contributed by atoms with Gasteiger partial charge in [0.1, 0.15) is 0 Å². The summed E-state index contributed by atoms with van der Waals surface area (Å²) in [5.74, 6) is 2.71. The van der Waals surface area contributed by atoms with Crippen molar-refractivity contribution in [1.82, 2.24) is 4.90 Å². The van der Waals surface area contributed by atoms with Crippen LogP contribution in [0.1, 0.15) is 33.1 Å². The zero-order valence-electron chi connectivity index (χ0n) is 9.58. The van der Waals surface area contributed by atoms with E-state index >= 15 is 0 Å². The van der Waals surface area contributed by atoms with Crippen molar-refractivity contribution < 1.29 is 0 Å². The van der Waals surface area contributed by atoms with Gasteiger partial charge in [-0.1, -0.05) is 20.3 Å². The minimum Gasteiger partial charge on any atom is -0.328 e. The number of rotatable bonds is 3. The van der Waals surface area contributed by atoms with Gasteiger partial charge in [-0.3, -0.25) is 0 Å². The molecule has 2 rings (SSSR count). The first-order valence-corrected chi connectivity index (χ1v) is 6.17. The average Bonchev–Trinajstić information content (AvgIpc) is 2.60. The highest BCUT2D eigenvalue weighted by Crippen LogP contribution is 2.37. The number of hydrogen-bond acceptors (Lipinski definition) is 2. The monoisotopic (exact) mass is 196 g/mol. The van der Waals surface area contributed by atoms with Crippen LogP contribution in [-0.2, 0) is 0 Å². The zero-order valence-corrected chi connectivity index (χ0v) is 9.58. The Morgan fingerprint density at radius 2 is 1.86 bits per heavy atom. The topological polar surface area (TPSA) is 29.3 Å². The van der Waals surface area contributed by atoms with E-state index in [1.807, 2.05) is 0 Å². The molecule has 2 fully saturated rings. The van der Waals surface area contributed by atoms with E-state index in [1.165, 1.54) is 38.9 Å². The van der Waals surface area contributed by atoms with Crippen LogP contribution in [-0.4, -0.2) is 30.6 Å². The third-order valence-corrected chi connectivity index (χ3v) is 4.13. The van der Waals surface area contributed by atoms with Gasteiger partial charge >= 0.3 is 0 Å². The fraction of sp³-hybridized carbons (Fsp3) is 1.00. The van der Waals surface area contributed by atoms with Crippen LogP contribution in [0.5, 0.6) is 0 Å². The molecule has 14 heavy (non-hydrogen) atoms. The molecule has 2 heteroatoms. The SMILES string of the molecule is CCC(C)CN1C[C@H]2C[C@H](N)C[C@H]2C1. The van der Waals surface area contributed by atoms with Crippen LogP contribution in [0.25, 0.3) is 0 Å². The Bertz CT molecular complexity index is 179. The first-order valence-electron chi connectivity index (χ1n) is 6.17.